The van der Waals surface area contributed by atoms with Crippen molar-refractivity contribution in [1.82, 2.24) is 0 Å². The van der Waals surface area contributed by atoms with Crippen molar-refractivity contribution in [3.8, 4) is 0 Å². The maximum absolute atomic E-state index is 4.77. The van der Waals surface area contributed by atoms with Crippen LogP contribution in [0.3, 0.4) is 0 Å². The number of para-hydroxylation sites is 2. The average Bonchev–Trinajstić information content (AvgIpc) is 2.64. The molecule has 0 aliphatic heterocycles. The molecular weight excluding hydrogens is 351 g/mol. The molecule has 0 fully saturated rings. The van der Waals surface area contributed by atoms with Gasteiger partial charge in [-0.2, -0.15) is 0 Å². The predicted molar refractivity (Wildman–Crippen MR) is 106 cm³/mol. The Kier molecular flexibility index (Phi) is 11.6. The van der Waals surface area contributed by atoms with Gasteiger partial charge in [-0.25, -0.2) is 0 Å². The fourth-order valence-electron chi connectivity index (χ4n) is 2.57. The first-order chi connectivity index (χ1) is 11.9. The summed E-state index contributed by atoms with van der Waals surface area (Å²) >= 11 is 0. The van der Waals surface area contributed by atoms with Gasteiger partial charge in [0.15, 0.2) is 0 Å². The second-order valence-corrected chi connectivity index (χ2v) is 6.05. The van der Waals surface area contributed by atoms with Gasteiger partial charge in [-0.05, 0) is 37.1 Å². The molecule has 2 aromatic rings. The Balaban J connectivity index is 0.00000312. The van der Waals surface area contributed by atoms with E-state index < -0.39 is 0 Å². The van der Waals surface area contributed by atoms with Gasteiger partial charge in [0.1, 0.15) is 0 Å². The van der Waals surface area contributed by atoms with Crippen LogP contribution in [-0.4, -0.2) is 11.9 Å². The van der Waals surface area contributed by atoms with Gasteiger partial charge in [0.25, 0.3) is 0 Å². The van der Waals surface area contributed by atoms with E-state index in [0.29, 0.717) is 0 Å². The van der Waals surface area contributed by atoms with Crippen LogP contribution >= 0.6 is 0 Å². The van der Waals surface area contributed by atoms with E-state index in [1.807, 2.05) is 66.9 Å². The van der Waals surface area contributed by atoms with E-state index in [1.54, 1.807) is 0 Å². The molecule has 0 aliphatic carbocycles. The molecule has 0 saturated carbocycles. The Morgan fingerprint density at radius 1 is 0.760 bits per heavy atom. The fraction of sp³-hybridized carbons (Fsp3) is 0.364. The summed E-state index contributed by atoms with van der Waals surface area (Å²) in [6.07, 6.45) is 10.7. The third-order valence-electron chi connectivity index (χ3n) is 3.93. The SMILES string of the molecule is CCCCCCCCC(/C=N/c1ccccc1)=N\c1ccccc1.[Ni]. The van der Waals surface area contributed by atoms with Gasteiger partial charge in [0.2, 0.25) is 0 Å². The molecule has 2 nitrogen and oxygen atoms in total. The zero-order valence-electron chi connectivity index (χ0n) is 15.0. The van der Waals surface area contributed by atoms with Crippen LogP contribution in [0, 0.1) is 0 Å². The Morgan fingerprint density at radius 3 is 1.96 bits per heavy atom. The van der Waals surface area contributed by atoms with Gasteiger partial charge in [0.05, 0.1) is 17.1 Å². The minimum absolute atomic E-state index is 0. The summed E-state index contributed by atoms with van der Waals surface area (Å²) in [5.74, 6) is 0. The van der Waals surface area contributed by atoms with Gasteiger partial charge < -0.3 is 0 Å². The van der Waals surface area contributed by atoms with Crippen LogP contribution in [0.2, 0.25) is 0 Å². The van der Waals surface area contributed by atoms with Gasteiger partial charge in [-0.1, -0.05) is 75.4 Å². The smallest absolute Gasteiger partial charge is 0.0633 e. The van der Waals surface area contributed by atoms with Crippen LogP contribution in [0.5, 0.6) is 0 Å². The van der Waals surface area contributed by atoms with E-state index in [9.17, 15) is 0 Å². The Hall–Kier alpha value is -1.73. The summed E-state index contributed by atoms with van der Waals surface area (Å²) in [7, 11) is 0. The third kappa shape index (κ3) is 9.36. The van der Waals surface area contributed by atoms with Crippen LogP contribution in [0.4, 0.5) is 11.4 Å². The molecule has 0 atom stereocenters. The van der Waals surface area contributed by atoms with Gasteiger partial charge in [-0.3, -0.25) is 9.98 Å². The summed E-state index contributed by atoms with van der Waals surface area (Å²) in [5, 5.41) is 0. The van der Waals surface area contributed by atoms with E-state index in [0.717, 1.165) is 23.5 Å². The molecule has 3 heteroatoms. The van der Waals surface area contributed by atoms with Crippen LogP contribution in [-0.2, 0) is 16.5 Å². The molecule has 0 N–H and O–H groups in total. The van der Waals surface area contributed by atoms with Gasteiger partial charge in [0, 0.05) is 22.7 Å². The minimum Gasteiger partial charge on any atom is -0.255 e. The molecule has 0 amide bonds. The Labute approximate surface area is 162 Å². The van der Waals surface area contributed by atoms with Crippen molar-refractivity contribution in [1.29, 1.82) is 0 Å². The maximum Gasteiger partial charge on any atom is 0.0633 e. The maximum atomic E-state index is 4.77. The number of unbranched alkanes of at least 4 members (excludes halogenated alkanes) is 5. The second kappa shape index (κ2) is 13.6. The van der Waals surface area contributed by atoms with Gasteiger partial charge in [-0.15, -0.1) is 0 Å². The number of aliphatic imine (C=N–C) groups is 2. The van der Waals surface area contributed by atoms with Crippen molar-refractivity contribution in [3.05, 3.63) is 60.7 Å². The van der Waals surface area contributed by atoms with Crippen LogP contribution in [0.1, 0.15) is 51.9 Å². The Bertz CT molecular complexity index is 621. The Morgan fingerprint density at radius 2 is 1.32 bits per heavy atom. The van der Waals surface area contributed by atoms with Crippen molar-refractivity contribution < 1.29 is 16.5 Å². The molecular formula is C22H28N2Ni. The topological polar surface area (TPSA) is 24.7 Å². The molecule has 0 saturated heterocycles. The molecule has 0 radical (unpaired) electrons. The molecule has 0 aromatic heterocycles. The molecule has 25 heavy (non-hydrogen) atoms. The van der Waals surface area contributed by atoms with Crippen molar-refractivity contribution in [3.63, 3.8) is 0 Å². The first-order valence-corrected chi connectivity index (χ1v) is 9.10. The van der Waals surface area contributed by atoms with E-state index >= 15 is 0 Å². The molecule has 0 spiro atoms. The van der Waals surface area contributed by atoms with Crippen molar-refractivity contribution in [2.45, 2.75) is 51.9 Å². The third-order valence-corrected chi connectivity index (χ3v) is 3.93. The second-order valence-electron chi connectivity index (χ2n) is 6.05. The molecule has 2 rings (SSSR count). The van der Waals surface area contributed by atoms with E-state index in [4.69, 9.17) is 4.99 Å². The number of benzene rings is 2. The summed E-state index contributed by atoms with van der Waals surface area (Å²) in [6.45, 7) is 2.25. The molecule has 2 aromatic carbocycles. The summed E-state index contributed by atoms with van der Waals surface area (Å²) in [6, 6.07) is 20.2. The fourth-order valence-corrected chi connectivity index (χ4v) is 2.57. The zero-order valence-corrected chi connectivity index (χ0v) is 16.0. The van der Waals surface area contributed by atoms with E-state index in [2.05, 4.69) is 11.9 Å². The van der Waals surface area contributed by atoms with Crippen LogP contribution < -0.4 is 0 Å². The largest absolute Gasteiger partial charge is 0.255 e. The van der Waals surface area contributed by atoms with Crippen molar-refractivity contribution in [2.24, 2.45) is 9.98 Å². The minimum atomic E-state index is 0. The summed E-state index contributed by atoms with van der Waals surface area (Å²) in [4.78, 5) is 9.35. The van der Waals surface area contributed by atoms with Crippen molar-refractivity contribution in [2.75, 3.05) is 0 Å². The summed E-state index contributed by atoms with van der Waals surface area (Å²) in [5.41, 5.74) is 3.03. The van der Waals surface area contributed by atoms with Gasteiger partial charge >= 0.3 is 0 Å². The number of rotatable bonds is 10. The first kappa shape index (κ1) is 21.3. The zero-order chi connectivity index (χ0) is 16.9. The van der Waals surface area contributed by atoms with Crippen molar-refractivity contribution >= 4 is 23.3 Å². The van der Waals surface area contributed by atoms with Crippen LogP contribution in [0.15, 0.2) is 70.6 Å². The molecule has 0 aliphatic rings. The standard InChI is InChI=1S/C22H28N2.Ni/c1-2-3-4-5-6-9-18-22(24-21-16-12-8-13-17-21)19-23-20-14-10-7-11-15-20;/h7-8,10-17,19H,2-6,9,18H2,1H3;/b23-19+,24-22+;. The first-order valence-electron chi connectivity index (χ1n) is 9.10. The molecule has 0 bridgehead atoms. The number of hydrogen-bond donors (Lipinski definition) is 0. The number of hydrogen-bond acceptors (Lipinski definition) is 2. The normalized spacial score (nSPS) is 11.5. The number of nitrogens with zero attached hydrogens (tertiary/aromatic N) is 2. The van der Waals surface area contributed by atoms with E-state index in [-0.39, 0.29) is 16.5 Å². The van der Waals surface area contributed by atoms with Crippen LogP contribution in [0.25, 0.3) is 0 Å². The quantitative estimate of drug-likeness (QED) is 0.243. The summed E-state index contributed by atoms with van der Waals surface area (Å²) < 4.78 is 0. The molecule has 0 heterocycles. The average molecular weight is 379 g/mol. The predicted octanol–water partition coefficient (Wildman–Crippen LogP) is 6.91. The molecule has 0 unspecified atom stereocenters. The van der Waals surface area contributed by atoms with E-state index in [1.165, 1.54) is 38.5 Å². The molecule has 136 valence electrons. The monoisotopic (exact) mass is 378 g/mol.